The van der Waals surface area contributed by atoms with Gasteiger partial charge >= 0.3 is 6.18 Å². The highest BCUT2D eigenvalue weighted by atomic mass is 19.4. The fourth-order valence-corrected chi connectivity index (χ4v) is 1.49. The van der Waals surface area contributed by atoms with E-state index in [1.807, 2.05) is 0 Å². The Labute approximate surface area is 94.2 Å². The normalized spacial score (nSPS) is 12.0. The zero-order chi connectivity index (χ0) is 13.4. The molecule has 0 unspecified atom stereocenters. The van der Waals surface area contributed by atoms with Crippen molar-refractivity contribution in [3.8, 4) is 0 Å². The monoisotopic (exact) mass is 252 g/mol. The van der Waals surface area contributed by atoms with Crippen LogP contribution in [-0.4, -0.2) is 5.78 Å². The zero-order valence-corrected chi connectivity index (χ0v) is 9.03. The van der Waals surface area contributed by atoms with E-state index in [4.69, 9.17) is 0 Å². The average Bonchev–Trinajstić information content (AvgIpc) is 2.14. The number of hydrogen-bond acceptors (Lipinski definition) is 1. The molecule has 0 aliphatic heterocycles. The number of ketones is 1. The smallest absolute Gasteiger partial charge is 0.294 e. The van der Waals surface area contributed by atoms with Crippen molar-refractivity contribution in [2.24, 2.45) is 0 Å². The zero-order valence-electron chi connectivity index (χ0n) is 9.03. The Kier molecular flexibility index (Phi) is 3.54. The van der Waals surface area contributed by atoms with Crippen LogP contribution in [0.1, 0.15) is 40.4 Å². The predicted octanol–water partition coefficient (Wildman–Crippen LogP) is 4.15. The van der Waals surface area contributed by atoms with Gasteiger partial charge in [0.25, 0.3) is 6.43 Å². The molecule has 94 valence electrons. The molecule has 1 rings (SSSR count). The van der Waals surface area contributed by atoms with Crippen LogP contribution < -0.4 is 0 Å². The molecular formula is C11H9F5O. The van der Waals surface area contributed by atoms with Gasteiger partial charge in [-0.2, -0.15) is 13.2 Å². The van der Waals surface area contributed by atoms with E-state index in [2.05, 4.69) is 0 Å². The number of rotatable bonds is 2. The van der Waals surface area contributed by atoms with Crippen molar-refractivity contribution in [3.63, 3.8) is 0 Å². The summed E-state index contributed by atoms with van der Waals surface area (Å²) in [5.41, 5.74) is -2.63. The highest BCUT2D eigenvalue weighted by Gasteiger charge is 2.35. The summed E-state index contributed by atoms with van der Waals surface area (Å²) < 4.78 is 62.7. The van der Waals surface area contributed by atoms with Gasteiger partial charge in [-0.25, -0.2) is 8.78 Å². The Hall–Kier alpha value is -1.46. The summed E-state index contributed by atoms with van der Waals surface area (Å²) in [6.07, 6.45) is -7.82. The Morgan fingerprint density at radius 1 is 1.24 bits per heavy atom. The van der Waals surface area contributed by atoms with Crippen LogP contribution in [0.3, 0.4) is 0 Å². The molecule has 0 aliphatic carbocycles. The number of Topliss-reactive ketones (excluding diaryl/α,β-unsaturated/α-hetero) is 1. The van der Waals surface area contributed by atoms with E-state index in [1.54, 1.807) is 0 Å². The van der Waals surface area contributed by atoms with Gasteiger partial charge < -0.3 is 0 Å². The van der Waals surface area contributed by atoms with E-state index >= 15 is 0 Å². The van der Waals surface area contributed by atoms with Gasteiger partial charge in [-0.3, -0.25) is 4.79 Å². The summed E-state index contributed by atoms with van der Waals surface area (Å²) in [6, 6.07) is 1.20. The van der Waals surface area contributed by atoms with Crippen LogP contribution in [-0.2, 0) is 6.18 Å². The van der Waals surface area contributed by atoms with Crippen molar-refractivity contribution in [2.45, 2.75) is 26.4 Å². The molecule has 0 heterocycles. The van der Waals surface area contributed by atoms with Crippen LogP contribution in [0.2, 0.25) is 0 Å². The van der Waals surface area contributed by atoms with Crippen molar-refractivity contribution >= 4 is 5.78 Å². The van der Waals surface area contributed by atoms with Crippen LogP contribution >= 0.6 is 0 Å². The lowest BCUT2D eigenvalue weighted by molar-refractivity contribution is -0.138. The van der Waals surface area contributed by atoms with Gasteiger partial charge in [-0.1, -0.05) is 0 Å². The summed E-state index contributed by atoms with van der Waals surface area (Å²) in [7, 11) is 0. The molecule has 0 N–H and O–H groups in total. The molecular weight excluding hydrogens is 243 g/mol. The summed E-state index contributed by atoms with van der Waals surface area (Å²) in [5.74, 6) is -0.804. The summed E-state index contributed by atoms with van der Waals surface area (Å²) >= 11 is 0. The van der Waals surface area contributed by atoms with Crippen LogP contribution in [0.25, 0.3) is 0 Å². The van der Waals surface area contributed by atoms with Crippen LogP contribution in [0.4, 0.5) is 22.0 Å². The summed E-state index contributed by atoms with van der Waals surface area (Å²) in [5, 5.41) is 0. The molecule has 17 heavy (non-hydrogen) atoms. The molecule has 1 aromatic rings. The topological polar surface area (TPSA) is 17.1 Å². The van der Waals surface area contributed by atoms with E-state index in [1.165, 1.54) is 6.92 Å². The first-order valence-electron chi connectivity index (χ1n) is 4.65. The van der Waals surface area contributed by atoms with Crippen molar-refractivity contribution < 1.29 is 26.7 Å². The lowest BCUT2D eigenvalue weighted by Crippen LogP contribution is -2.13. The second kappa shape index (κ2) is 4.43. The maximum Gasteiger partial charge on any atom is 0.417 e. The second-order valence-electron chi connectivity index (χ2n) is 3.61. The fraction of sp³-hybridized carbons (Fsp3) is 0.364. The predicted molar refractivity (Wildman–Crippen MR) is 51.1 cm³/mol. The van der Waals surface area contributed by atoms with Crippen LogP contribution in [0.5, 0.6) is 0 Å². The molecule has 0 bridgehead atoms. The second-order valence-corrected chi connectivity index (χ2v) is 3.61. The van der Waals surface area contributed by atoms with Crippen molar-refractivity contribution in [2.75, 3.05) is 0 Å². The number of aryl methyl sites for hydroxylation is 1. The number of carbonyl (C=O) groups excluding carboxylic acids is 1. The minimum absolute atomic E-state index is 0.0294. The van der Waals surface area contributed by atoms with Gasteiger partial charge in [0.1, 0.15) is 0 Å². The molecule has 0 saturated carbocycles. The molecule has 0 amide bonds. The molecule has 0 radical (unpaired) electrons. The highest BCUT2D eigenvalue weighted by Crippen LogP contribution is 2.36. The largest absolute Gasteiger partial charge is 0.417 e. The van der Waals surface area contributed by atoms with Gasteiger partial charge in [0.05, 0.1) is 5.56 Å². The van der Waals surface area contributed by atoms with Gasteiger partial charge in [0, 0.05) is 11.1 Å². The Balaban J connectivity index is 3.54. The molecule has 1 nitrogen and oxygen atoms in total. The van der Waals surface area contributed by atoms with E-state index in [0.717, 1.165) is 13.0 Å². The maximum atomic E-state index is 12.6. The Bertz CT molecular complexity index is 448. The molecule has 0 fully saturated rings. The third kappa shape index (κ3) is 2.81. The van der Waals surface area contributed by atoms with E-state index in [-0.39, 0.29) is 5.56 Å². The molecule has 1 aromatic carbocycles. The first kappa shape index (κ1) is 13.6. The van der Waals surface area contributed by atoms with Gasteiger partial charge in [0.15, 0.2) is 5.78 Å². The van der Waals surface area contributed by atoms with Gasteiger partial charge in [-0.15, -0.1) is 0 Å². The summed E-state index contributed by atoms with van der Waals surface area (Å²) in [4.78, 5) is 11.1. The minimum atomic E-state index is -4.82. The standard InChI is InChI=1S/C11H9F5O/c1-5-3-8(6(2)17)9(11(14,15)16)4-7(5)10(12)13/h3-4,10H,1-2H3. The van der Waals surface area contributed by atoms with E-state index < -0.39 is 35.1 Å². The third-order valence-electron chi connectivity index (χ3n) is 2.33. The van der Waals surface area contributed by atoms with Crippen molar-refractivity contribution in [1.82, 2.24) is 0 Å². The number of carbonyl (C=O) groups is 1. The first-order chi connectivity index (χ1) is 7.64. The Morgan fingerprint density at radius 2 is 1.76 bits per heavy atom. The minimum Gasteiger partial charge on any atom is -0.294 e. The lowest BCUT2D eigenvalue weighted by atomic mass is 9.96. The van der Waals surface area contributed by atoms with E-state index in [9.17, 15) is 26.7 Å². The fourth-order valence-electron chi connectivity index (χ4n) is 1.49. The molecule has 0 atom stereocenters. The average molecular weight is 252 g/mol. The van der Waals surface area contributed by atoms with Crippen LogP contribution in [0.15, 0.2) is 12.1 Å². The summed E-state index contributed by atoms with van der Waals surface area (Å²) in [6.45, 7) is 2.21. The number of hydrogen-bond donors (Lipinski definition) is 0. The van der Waals surface area contributed by atoms with Crippen LogP contribution in [0, 0.1) is 6.92 Å². The molecule has 0 spiro atoms. The number of halogens is 5. The maximum absolute atomic E-state index is 12.6. The number of benzene rings is 1. The highest BCUT2D eigenvalue weighted by molar-refractivity contribution is 5.96. The lowest BCUT2D eigenvalue weighted by Gasteiger charge is -2.14. The Morgan fingerprint density at radius 3 is 2.12 bits per heavy atom. The quantitative estimate of drug-likeness (QED) is 0.570. The molecule has 0 aliphatic rings. The van der Waals surface area contributed by atoms with Gasteiger partial charge in [-0.05, 0) is 31.5 Å². The first-order valence-corrected chi connectivity index (χ1v) is 4.65. The van der Waals surface area contributed by atoms with Gasteiger partial charge in [0.2, 0.25) is 0 Å². The number of alkyl halides is 5. The van der Waals surface area contributed by atoms with Crippen molar-refractivity contribution in [1.29, 1.82) is 0 Å². The molecule has 0 aromatic heterocycles. The third-order valence-corrected chi connectivity index (χ3v) is 2.33. The van der Waals surface area contributed by atoms with E-state index in [0.29, 0.717) is 6.07 Å². The molecule has 0 saturated heterocycles. The van der Waals surface area contributed by atoms with Crippen molar-refractivity contribution in [3.05, 3.63) is 34.4 Å². The SMILES string of the molecule is CC(=O)c1cc(C)c(C(F)F)cc1C(F)(F)F. The molecule has 6 heteroatoms.